The minimum atomic E-state index is 0.134. The van der Waals surface area contributed by atoms with Gasteiger partial charge in [-0.1, -0.05) is 24.9 Å². The Bertz CT molecular complexity index is 396. The van der Waals surface area contributed by atoms with E-state index in [4.69, 9.17) is 22.1 Å². The number of hydrogen-bond donors (Lipinski definition) is 2. The summed E-state index contributed by atoms with van der Waals surface area (Å²) in [6, 6.07) is 0. The Morgan fingerprint density at radius 2 is 2.42 bits per heavy atom. The number of imidazole rings is 1. The zero-order valence-electron chi connectivity index (χ0n) is 11.5. The summed E-state index contributed by atoms with van der Waals surface area (Å²) >= 11 is 6.19. The number of unbranched alkanes of at least 4 members (excludes halogenated alkanes) is 1. The lowest BCUT2D eigenvalue weighted by Gasteiger charge is -2.31. The molecule has 0 saturated carbocycles. The molecule has 2 heterocycles. The fraction of sp³-hybridized carbons (Fsp3) is 0.769. The molecule has 1 atom stereocenters. The first-order valence-corrected chi connectivity index (χ1v) is 7.38. The lowest BCUT2D eigenvalue weighted by atomic mass is 10.2. The summed E-state index contributed by atoms with van der Waals surface area (Å²) in [5.74, 6) is 0.991. The van der Waals surface area contributed by atoms with E-state index < -0.39 is 0 Å². The van der Waals surface area contributed by atoms with Crippen molar-refractivity contribution >= 4 is 11.6 Å². The number of nitrogens with two attached hydrogens (primary N) is 1. The van der Waals surface area contributed by atoms with E-state index >= 15 is 0 Å². The monoisotopic (exact) mass is 286 g/mol. The van der Waals surface area contributed by atoms with Crippen molar-refractivity contribution in [2.75, 3.05) is 26.2 Å². The van der Waals surface area contributed by atoms with Crippen LogP contribution in [0.5, 0.6) is 0 Å². The number of ether oxygens (including phenoxy) is 1. The van der Waals surface area contributed by atoms with E-state index in [1.165, 1.54) is 0 Å². The Balaban J connectivity index is 1.92. The first-order chi connectivity index (χ1) is 9.22. The number of nitrogens with zero attached hydrogens (tertiary/aromatic N) is 2. The number of rotatable bonds is 6. The standard InChI is InChI=1S/C13H23ClN4O/c1-2-3-4-12-16-11(13(14)17-12)9-18-5-6-19-10(7-15)8-18/h10H,2-9,15H2,1H3,(H,16,17)/t10-/m0/s1. The van der Waals surface area contributed by atoms with Crippen molar-refractivity contribution in [1.29, 1.82) is 0 Å². The predicted octanol–water partition coefficient (Wildman–Crippen LogP) is 1.57. The molecular formula is C13H23ClN4O. The molecule has 1 aromatic heterocycles. The van der Waals surface area contributed by atoms with Gasteiger partial charge in [0.1, 0.15) is 5.82 Å². The normalized spacial score (nSPS) is 20.9. The van der Waals surface area contributed by atoms with Crippen molar-refractivity contribution < 1.29 is 4.74 Å². The number of aromatic amines is 1. The van der Waals surface area contributed by atoms with Gasteiger partial charge in [-0.05, 0) is 6.42 Å². The van der Waals surface area contributed by atoms with Crippen LogP contribution in [0.15, 0.2) is 0 Å². The summed E-state index contributed by atoms with van der Waals surface area (Å²) in [7, 11) is 0. The van der Waals surface area contributed by atoms with Gasteiger partial charge in [0.2, 0.25) is 0 Å². The molecule has 0 bridgehead atoms. The van der Waals surface area contributed by atoms with Gasteiger partial charge in [0.05, 0.1) is 18.4 Å². The first-order valence-electron chi connectivity index (χ1n) is 7.00. The van der Waals surface area contributed by atoms with Crippen LogP contribution in [0.25, 0.3) is 0 Å². The summed E-state index contributed by atoms with van der Waals surface area (Å²) in [4.78, 5) is 10.0. The smallest absolute Gasteiger partial charge is 0.151 e. The van der Waals surface area contributed by atoms with Crippen LogP contribution < -0.4 is 5.73 Å². The molecule has 0 amide bonds. The molecule has 6 heteroatoms. The number of aryl methyl sites for hydroxylation is 1. The topological polar surface area (TPSA) is 67.2 Å². The van der Waals surface area contributed by atoms with Crippen LogP contribution in [-0.2, 0) is 17.7 Å². The van der Waals surface area contributed by atoms with Crippen LogP contribution >= 0.6 is 11.6 Å². The molecule has 108 valence electrons. The Morgan fingerprint density at radius 1 is 1.58 bits per heavy atom. The van der Waals surface area contributed by atoms with Gasteiger partial charge < -0.3 is 15.5 Å². The number of morpholine rings is 1. The Kier molecular flexibility index (Phi) is 5.63. The van der Waals surface area contributed by atoms with E-state index in [9.17, 15) is 0 Å². The molecule has 0 aliphatic carbocycles. The molecular weight excluding hydrogens is 264 g/mol. The summed E-state index contributed by atoms with van der Waals surface area (Å²) in [5, 5.41) is 0.599. The van der Waals surface area contributed by atoms with E-state index in [2.05, 4.69) is 21.8 Å². The maximum Gasteiger partial charge on any atom is 0.151 e. The van der Waals surface area contributed by atoms with E-state index in [-0.39, 0.29) is 6.10 Å². The fourth-order valence-electron chi connectivity index (χ4n) is 2.30. The summed E-state index contributed by atoms with van der Waals surface area (Å²) in [6.45, 7) is 6.03. The second-order valence-electron chi connectivity index (χ2n) is 5.02. The maximum atomic E-state index is 6.19. The first kappa shape index (κ1) is 14.8. The third kappa shape index (κ3) is 4.18. The molecule has 1 aliphatic heterocycles. The number of halogens is 1. The highest BCUT2D eigenvalue weighted by Crippen LogP contribution is 2.17. The molecule has 0 radical (unpaired) electrons. The van der Waals surface area contributed by atoms with Crippen LogP contribution in [0.2, 0.25) is 5.15 Å². The van der Waals surface area contributed by atoms with Gasteiger partial charge in [0, 0.05) is 32.6 Å². The highest BCUT2D eigenvalue weighted by atomic mass is 35.5. The van der Waals surface area contributed by atoms with Crippen molar-refractivity contribution in [2.24, 2.45) is 5.73 Å². The molecule has 1 fully saturated rings. The van der Waals surface area contributed by atoms with Gasteiger partial charge in [-0.25, -0.2) is 4.98 Å². The van der Waals surface area contributed by atoms with E-state index in [1.807, 2.05) is 0 Å². The molecule has 1 aliphatic rings. The molecule has 5 nitrogen and oxygen atoms in total. The van der Waals surface area contributed by atoms with E-state index in [0.717, 1.165) is 57.0 Å². The van der Waals surface area contributed by atoms with Crippen molar-refractivity contribution in [3.8, 4) is 0 Å². The second-order valence-corrected chi connectivity index (χ2v) is 5.38. The number of nitrogens with one attached hydrogen (secondary N) is 1. The van der Waals surface area contributed by atoms with Crippen LogP contribution in [0.1, 0.15) is 31.3 Å². The largest absolute Gasteiger partial charge is 0.374 e. The van der Waals surface area contributed by atoms with Gasteiger partial charge in [-0.15, -0.1) is 0 Å². The average Bonchev–Trinajstić information content (AvgIpc) is 2.77. The summed E-state index contributed by atoms with van der Waals surface area (Å²) in [5.41, 5.74) is 6.65. The lowest BCUT2D eigenvalue weighted by Crippen LogP contribution is -2.45. The summed E-state index contributed by atoms with van der Waals surface area (Å²) in [6.07, 6.45) is 3.39. The number of aromatic nitrogens is 2. The van der Waals surface area contributed by atoms with Crippen molar-refractivity contribution in [3.63, 3.8) is 0 Å². The van der Waals surface area contributed by atoms with Gasteiger partial charge in [-0.3, -0.25) is 4.90 Å². The average molecular weight is 287 g/mol. The zero-order valence-corrected chi connectivity index (χ0v) is 12.2. The second kappa shape index (κ2) is 7.24. The molecule has 19 heavy (non-hydrogen) atoms. The minimum absolute atomic E-state index is 0.134. The maximum absolute atomic E-state index is 6.19. The van der Waals surface area contributed by atoms with Gasteiger partial charge >= 0.3 is 0 Å². The van der Waals surface area contributed by atoms with E-state index in [0.29, 0.717) is 11.7 Å². The molecule has 1 saturated heterocycles. The quantitative estimate of drug-likeness (QED) is 0.833. The Morgan fingerprint density at radius 3 is 3.16 bits per heavy atom. The van der Waals surface area contributed by atoms with Crippen LogP contribution in [0.4, 0.5) is 0 Å². The van der Waals surface area contributed by atoms with Crippen molar-refractivity contribution in [2.45, 2.75) is 38.8 Å². The minimum Gasteiger partial charge on any atom is -0.374 e. The van der Waals surface area contributed by atoms with Crippen molar-refractivity contribution in [1.82, 2.24) is 14.9 Å². The van der Waals surface area contributed by atoms with Gasteiger partial charge in [0.15, 0.2) is 5.15 Å². The Labute approximate surface area is 119 Å². The molecule has 1 aromatic rings. The van der Waals surface area contributed by atoms with Crippen LogP contribution in [-0.4, -0.2) is 47.2 Å². The third-order valence-electron chi connectivity index (χ3n) is 3.41. The number of hydrogen-bond acceptors (Lipinski definition) is 4. The third-order valence-corrected chi connectivity index (χ3v) is 3.72. The predicted molar refractivity (Wildman–Crippen MR) is 76.3 cm³/mol. The van der Waals surface area contributed by atoms with Gasteiger partial charge in [-0.2, -0.15) is 0 Å². The molecule has 2 rings (SSSR count). The lowest BCUT2D eigenvalue weighted by molar-refractivity contribution is -0.0263. The highest BCUT2D eigenvalue weighted by Gasteiger charge is 2.21. The van der Waals surface area contributed by atoms with Crippen molar-refractivity contribution in [3.05, 3.63) is 16.7 Å². The SMILES string of the molecule is CCCCc1nc(Cl)c(CN2CCO[C@@H](CN)C2)[nH]1. The van der Waals surface area contributed by atoms with E-state index in [1.54, 1.807) is 0 Å². The fourth-order valence-corrected chi connectivity index (χ4v) is 2.51. The van der Waals surface area contributed by atoms with Crippen LogP contribution in [0, 0.1) is 0 Å². The zero-order chi connectivity index (χ0) is 13.7. The number of H-pyrrole nitrogens is 1. The highest BCUT2D eigenvalue weighted by molar-refractivity contribution is 6.30. The molecule has 0 spiro atoms. The van der Waals surface area contributed by atoms with Gasteiger partial charge in [0.25, 0.3) is 0 Å². The molecule has 0 aromatic carbocycles. The molecule has 3 N–H and O–H groups in total. The Hall–Kier alpha value is -0.620. The molecule has 0 unspecified atom stereocenters. The summed E-state index contributed by atoms with van der Waals surface area (Å²) < 4.78 is 5.56. The van der Waals surface area contributed by atoms with Crippen LogP contribution in [0.3, 0.4) is 0 Å².